The lowest BCUT2D eigenvalue weighted by Gasteiger charge is -2.41. The summed E-state index contributed by atoms with van der Waals surface area (Å²) in [6.45, 7) is 5.46. The Bertz CT molecular complexity index is 763. The van der Waals surface area contributed by atoms with Crippen molar-refractivity contribution in [1.82, 2.24) is 4.98 Å². The summed E-state index contributed by atoms with van der Waals surface area (Å²) < 4.78 is 11.3. The molecule has 1 aromatic rings. The number of rotatable bonds is 12. The SMILES string of the molecule is CCC(CC)(C(=O)O)N(C=O)c1ccc(N2CC(OC)C2)c(OC[C@H]2C[C@@H]2CO)n1. The van der Waals surface area contributed by atoms with Crippen molar-refractivity contribution in [3.05, 3.63) is 12.1 Å². The number of aliphatic hydroxyl groups is 1. The van der Waals surface area contributed by atoms with E-state index in [1.807, 2.05) is 6.07 Å². The fraction of sp³-hybridized carbons (Fsp3) is 0.667. The average Bonchev–Trinajstić information content (AvgIpc) is 3.49. The molecule has 2 fully saturated rings. The molecule has 1 saturated carbocycles. The van der Waals surface area contributed by atoms with Crippen molar-refractivity contribution in [2.45, 2.75) is 44.8 Å². The number of aliphatic hydroxyl groups excluding tert-OH is 1. The zero-order chi connectivity index (χ0) is 21.9. The first-order chi connectivity index (χ1) is 14.4. The van der Waals surface area contributed by atoms with Crippen molar-refractivity contribution in [2.75, 3.05) is 43.2 Å². The highest BCUT2D eigenvalue weighted by atomic mass is 16.5. The fourth-order valence-electron chi connectivity index (χ4n) is 3.98. The van der Waals surface area contributed by atoms with Crippen LogP contribution in [0.5, 0.6) is 5.88 Å². The van der Waals surface area contributed by atoms with Crippen molar-refractivity contribution < 1.29 is 29.3 Å². The maximum Gasteiger partial charge on any atom is 0.330 e. The number of carbonyl (C=O) groups excluding carboxylic acids is 1. The van der Waals surface area contributed by atoms with Crippen molar-refractivity contribution >= 4 is 23.9 Å². The summed E-state index contributed by atoms with van der Waals surface area (Å²) in [6, 6.07) is 3.47. The minimum atomic E-state index is -1.37. The molecule has 1 aliphatic carbocycles. The normalized spacial score (nSPS) is 21.1. The van der Waals surface area contributed by atoms with E-state index in [4.69, 9.17) is 9.47 Å². The molecule has 0 aromatic carbocycles. The van der Waals surface area contributed by atoms with Crippen LogP contribution in [0.4, 0.5) is 11.5 Å². The molecule has 2 atom stereocenters. The standard InChI is InChI=1S/C21H31N3O6/c1-4-21(5-2,20(27)28)24(13-26)18-7-6-17(23-9-16(10-23)29-3)19(22-18)30-12-15-8-14(15)11-25/h6-7,13-16,25H,4-5,8-12H2,1-3H3,(H,27,28)/t14-,15-/m1/s1. The summed E-state index contributed by atoms with van der Waals surface area (Å²) >= 11 is 0. The Morgan fingerprint density at radius 3 is 2.53 bits per heavy atom. The van der Waals surface area contributed by atoms with Crippen molar-refractivity contribution in [1.29, 1.82) is 0 Å². The Morgan fingerprint density at radius 1 is 1.33 bits per heavy atom. The van der Waals surface area contributed by atoms with Crippen LogP contribution in [0, 0.1) is 11.8 Å². The molecule has 1 saturated heterocycles. The van der Waals surface area contributed by atoms with E-state index < -0.39 is 11.5 Å². The van der Waals surface area contributed by atoms with Crippen LogP contribution in [0.2, 0.25) is 0 Å². The lowest BCUT2D eigenvalue weighted by molar-refractivity contribution is -0.144. The Labute approximate surface area is 176 Å². The van der Waals surface area contributed by atoms with E-state index in [1.54, 1.807) is 27.0 Å². The number of hydrogen-bond acceptors (Lipinski definition) is 7. The molecule has 30 heavy (non-hydrogen) atoms. The van der Waals surface area contributed by atoms with Gasteiger partial charge < -0.3 is 24.6 Å². The second-order valence-corrected chi connectivity index (χ2v) is 8.03. The molecule has 166 valence electrons. The van der Waals surface area contributed by atoms with Gasteiger partial charge in [-0.15, -0.1) is 0 Å². The van der Waals surface area contributed by atoms with Crippen LogP contribution in [0.1, 0.15) is 33.1 Å². The molecule has 1 amide bonds. The Kier molecular flexibility index (Phi) is 6.82. The molecule has 0 bridgehead atoms. The molecule has 1 aliphatic heterocycles. The first-order valence-corrected chi connectivity index (χ1v) is 10.4. The van der Waals surface area contributed by atoms with Crippen LogP contribution >= 0.6 is 0 Å². The Balaban J connectivity index is 1.90. The van der Waals surface area contributed by atoms with Gasteiger partial charge in [-0.1, -0.05) is 13.8 Å². The third-order valence-corrected chi connectivity index (χ3v) is 6.47. The van der Waals surface area contributed by atoms with Gasteiger partial charge in [-0.25, -0.2) is 4.79 Å². The van der Waals surface area contributed by atoms with Gasteiger partial charge in [0.1, 0.15) is 17.0 Å². The first kappa shape index (κ1) is 22.3. The number of anilines is 2. The van der Waals surface area contributed by atoms with Crippen LogP contribution in [0.15, 0.2) is 12.1 Å². The number of aromatic nitrogens is 1. The summed E-state index contributed by atoms with van der Waals surface area (Å²) in [5.41, 5.74) is -0.586. The highest BCUT2D eigenvalue weighted by Gasteiger charge is 2.43. The van der Waals surface area contributed by atoms with Gasteiger partial charge in [0.15, 0.2) is 0 Å². The second-order valence-electron chi connectivity index (χ2n) is 8.03. The number of carboxylic acid groups (broad SMARTS) is 1. The van der Waals surface area contributed by atoms with Crippen LogP contribution in [0.25, 0.3) is 0 Å². The van der Waals surface area contributed by atoms with Gasteiger partial charge in [-0.2, -0.15) is 4.98 Å². The topological polar surface area (TPSA) is 112 Å². The number of nitrogens with zero attached hydrogens (tertiary/aromatic N) is 3. The molecule has 2 aliphatic rings. The van der Waals surface area contributed by atoms with Crippen molar-refractivity contribution in [2.24, 2.45) is 11.8 Å². The highest BCUT2D eigenvalue weighted by Crippen LogP contribution is 2.40. The molecular weight excluding hydrogens is 390 g/mol. The number of carboxylic acids is 1. The summed E-state index contributed by atoms with van der Waals surface area (Å²) in [5, 5.41) is 19.1. The smallest absolute Gasteiger partial charge is 0.330 e. The molecule has 3 rings (SSSR count). The molecule has 1 aromatic heterocycles. The van der Waals surface area contributed by atoms with Gasteiger partial charge in [0, 0.05) is 26.8 Å². The molecule has 2 N–H and O–H groups in total. The summed E-state index contributed by atoms with van der Waals surface area (Å²) in [4.78, 5) is 31.8. The van der Waals surface area contributed by atoms with E-state index in [9.17, 15) is 19.8 Å². The van der Waals surface area contributed by atoms with E-state index in [1.165, 1.54) is 4.90 Å². The van der Waals surface area contributed by atoms with Crippen molar-refractivity contribution in [3.63, 3.8) is 0 Å². The number of ether oxygens (including phenoxy) is 2. The van der Waals surface area contributed by atoms with Crippen LogP contribution in [-0.4, -0.2) is 72.6 Å². The Hall–Kier alpha value is -2.39. The van der Waals surface area contributed by atoms with Crippen LogP contribution in [-0.2, 0) is 14.3 Å². The van der Waals surface area contributed by atoms with Crippen molar-refractivity contribution in [3.8, 4) is 5.88 Å². The maximum atomic E-state index is 12.0. The number of amides is 1. The maximum absolute atomic E-state index is 12.0. The number of aliphatic carboxylic acids is 1. The minimum Gasteiger partial charge on any atom is -0.479 e. The van der Waals surface area contributed by atoms with E-state index in [0.29, 0.717) is 32.0 Å². The molecular formula is C21H31N3O6. The van der Waals surface area contributed by atoms with Gasteiger partial charge in [-0.05, 0) is 43.2 Å². The molecule has 9 heteroatoms. The zero-order valence-corrected chi connectivity index (χ0v) is 17.8. The minimum absolute atomic E-state index is 0.142. The summed E-state index contributed by atoms with van der Waals surface area (Å²) in [5.74, 6) is 0.0763. The molecule has 0 radical (unpaired) electrons. The predicted molar refractivity (Wildman–Crippen MR) is 111 cm³/mol. The molecule has 9 nitrogen and oxygen atoms in total. The Morgan fingerprint density at radius 2 is 2.03 bits per heavy atom. The largest absolute Gasteiger partial charge is 0.479 e. The second kappa shape index (κ2) is 9.18. The van der Waals surface area contributed by atoms with Crippen LogP contribution < -0.4 is 14.5 Å². The van der Waals surface area contributed by atoms with E-state index in [0.717, 1.165) is 12.1 Å². The zero-order valence-electron chi connectivity index (χ0n) is 17.8. The fourth-order valence-corrected chi connectivity index (χ4v) is 3.98. The third-order valence-electron chi connectivity index (χ3n) is 6.47. The van der Waals surface area contributed by atoms with Gasteiger partial charge in [0.05, 0.1) is 12.7 Å². The predicted octanol–water partition coefficient (Wildman–Crippen LogP) is 1.53. The molecule has 2 heterocycles. The lowest BCUT2D eigenvalue weighted by Crippen LogP contribution is -2.54. The number of methoxy groups -OCH3 is 1. The van der Waals surface area contributed by atoms with Gasteiger partial charge >= 0.3 is 5.97 Å². The summed E-state index contributed by atoms with van der Waals surface area (Å²) in [7, 11) is 1.67. The number of pyridine rings is 1. The summed E-state index contributed by atoms with van der Waals surface area (Å²) in [6.07, 6.45) is 2.08. The monoisotopic (exact) mass is 421 g/mol. The number of hydrogen-bond donors (Lipinski definition) is 2. The first-order valence-electron chi connectivity index (χ1n) is 10.4. The lowest BCUT2D eigenvalue weighted by atomic mass is 9.91. The van der Waals surface area contributed by atoms with E-state index in [2.05, 4.69) is 9.88 Å². The van der Waals surface area contributed by atoms with Gasteiger partial charge in [-0.3, -0.25) is 9.69 Å². The third kappa shape index (κ3) is 4.09. The van der Waals surface area contributed by atoms with Gasteiger partial charge in [0.25, 0.3) is 0 Å². The quantitative estimate of drug-likeness (QED) is 0.489. The van der Waals surface area contributed by atoms with Gasteiger partial charge in [0.2, 0.25) is 12.3 Å². The van der Waals surface area contributed by atoms with E-state index in [-0.39, 0.29) is 43.2 Å². The average molecular weight is 421 g/mol. The van der Waals surface area contributed by atoms with E-state index >= 15 is 0 Å². The highest BCUT2D eigenvalue weighted by molar-refractivity contribution is 5.91. The molecule has 0 unspecified atom stereocenters. The molecule has 0 spiro atoms. The number of carbonyl (C=O) groups is 2. The van der Waals surface area contributed by atoms with Crippen LogP contribution in [0.3, 0.4) is 0 Å².